The number of rotatable bonds is 9. The average molecular weight is 497 g/mol. The first-order chi connectivity index (χ1) is 17.9. The quantitative estimate of drug-likeness (QED) is 0.305. The number of methoxy groups -OCH3 is 1. The SMILES string of the molecule is COc1cccc(C(=O)N(Cc2ccc(F)cc2)c2cccc(CC(=O)N[C@H](C)c3ccccc3)c2)c1. The van der Waals surface area contributed by atoms with E-state index in [-0.39, 0.29) is 36.6 Å². The number of nitrogens with one attached hydrogen (secondary N) is 1. The number of amides is 2. The maximum atomic E-state index is 13.6. The topological polar surface area (TPSA) is 58.6 Å². The highest BCUT2D eigenvalue weighted by Crippen LogP contribution is 2.24. The average Bonchev–Trinajstić information content (AvgIpc) is 2.93. The highest BCUT2D eigenvalue weighted by atomic mass is 19.1. The lowest BCUT2D eigenvalue weighted by Gasteiger charge is -2.24. The normalized spacial score (nSPS) is 11.4. The molecule has 0 fully saturated rings. The van der Waals surface area contributed by atoms with Crippen molar-refractivity contribution in [2.75, 3.05) is 12.0 Å². The van der Waals surface area contributed by atoms with Gasteiger partial charge in [0.05, 0.1) is 26.1 Å². The Balaban J connectivity index is 1.57. The van der Waals surface area contributed by atoms with Gasteiger partial charge in [0.1, 0.15) is 11.6 Å². The maximum Gasteiger partial charge on any atom is 0.258 e. The molecule has 6 heteroatoms. The summed E-state index contributed by atoms with van der Waals surface area (Å²) in [5, 5.41) is 3.03. The van der Waals surface area contributed by atoms with E-state index in [1.165, 1.54) is 12.1 Å². The third-order valence-electron chi connectivity index (χ3n) is 6.08. The molecule has 0 aliphatic rings. The van der Waals surface area contributed by atoms with Gasteiger partial charge in [0, 0.05) is 11.3 Å². The van der Waals surface area contributed by atoms with Crippen LogP contribution in [0.15, 0.2) is 103 Å². The minimum Gasteiger partial charge on any atom is -0.497 e. The van der Waals surface area contributed by atoms with Crippen molar-refractivity contribution in [3.63, 3.8) is 0 Å². The van der Waals surface area contributed by atoms with E-state index in [1.54, 1.807) is 48.4 Å². The van der Waals surface area contributed by atoms with Crippen molar-refractivity contribution in [3.05, 3.63) is 131 Å². The van der Waals surface area contributed by atoms with Crippen molar-refractivity contribution < 1.29 is 18.7 Å². The zero-order chi connectivity index (χ0) is 26.2. The molecule has 4 aromatic rings. The number of benzene rings is 4. The van der Waals surface area contributed by atoms with Crippen molar-refractivity contribution in [1.29, 1.82) is 0 Å². The molecule has 0 saturated heterocycles. The molecule has 0 aliphatic carbocycles. The highest BCUT2D eigenvalue weighted by molar-refractivity contribution is 6.06. The first-order valence-electron chi connectivity index (χ1n) is 12.1. The zero-order valence-corrected chi connectivity index (χ0v) is 20.9. The molecule has 4 rings (SSSR count). The molecule has 5 nitrogen and oxygen atoms in total. The number of anilines is 1. The lowest BCUT2D eigenvalue weighted by Crippen LogP contribution is -2.31. The smallest absolute Gasteiger partial charge is 0.258 e. The largest absolute Gasteiger partial charge is 0.497 e. The summed E-state index contributed by atoms with van der Waals surface area (Å²) in [6, 6.07) is 30.0. The van der Waals surface area contributed by atoms with Crippen molar-refractivity contribution in [2.24, 2.45) is 0 Å². The van der Waals surface area contributed by atoms with Crippen molar-refractivity contribution >= 4 is 17.5 Å². The molecule has 0 aliphatic heterocycles. The Kier molecular flexibility index (Phi) is 8.31. The van der Waals surface area contributed by atoms with Crippen LogP contribution < -0.4 is 15.0 Å². The molecule has 0 aromatic heterocycles. The second-order valence-corrected chi connectivity index (χ2v) is 8.80. The Morgan fingerprint density at radius 3 is 2.32 bits per heavy atom. The standard InChI is InChI=1S/C31H29FN2O3/c1-22(25-9-4-3-5-10-25)33-30(35)19-24-8-6-12-28(18-24)34(21-23-14-16-27(32)17-15-23)31(36)26-11-7-13-29(20-26)37-2/h3-18,20,22H,19,21H2,1-2H3,(H,33,35)/t22-/m1/s1. The molecule has 0 bridgehead atoms. The molecule has 0 saturated carbocycles. The van der Waals surface area contributed by atoms with Gasteiger partial charge in [-0.05, 0) is 66.1 Å². The van der Waals surface area contributed by atoms with Gasteiger partial charge in [-0.25, -0.2) is 4.39 Å². The summed E-state index contributed by atoms with van der Waals surface area (Å²) in [6.07, 6.45) is 0.169. The summed E-state index contributed by atoms with van der Waals surface area (Å²) < 4.78 is 18.8. The van der Waals surface area contributed by atoms with Gasteiger partial charge >= 0.3 is 0 Å². The predicted octanol–water partition coefficient (Wildman–Crippen LogP) is 6.10. The summed E-state index contributed by atoms with van der Waals surface area (Å²) >= 11 is 0. The van der Waals surface area contributed by atoms with E-state index in [1.807, 2.05) is 61.5 Å². The van der Waals surface area contributed by atoms with Crippen LogP contribution in [-0.4, -0.2) is 18.9 Å². The molecule has 188 valence electrons. The molecule has 0 radical (unpaired) electrons. The number of halogens is 1. The predicted molar refractivity (Wildman–Crippen MR) is 143 cm³/mol. The zero-order valence-electron chi connectivity index (χ0n) is 20.9. The Morgan fingerprint density at radius 1 is 0.865 bits per heavy atom. The van der Waals surface area contributed by atoms with Crippen LogP contribution in [0.5, 0.6) is 5.75 Å². The molecule has 0 heterocycles. The van der Waals surface area contributed by atoms with Crippen LogP contribution in [-0.2, 0) is 17.8 Å². The minimum atomic E-state index is -0.341. The van der Waals surface area contributed by atoms with Crippen LogP contribution in [0.3, 0.4) is 0 Å². The summed E-state index contributed by atoms with van der Waals surface area (Å²) in [4.78, 5) is 28.0. The molecular weight excluding hydrogens is 467 g/mol. The van der Waals surface area contributed by atoms with E-state index in [0.29, 0.717) is 17.0 Å². The van der Waals surface area contributed by atoms with Crippen LogP contribution >= 0.6 is 0 Å². The summed E-state index contributed by atoms with van der Waals surface area (Å²) in [6.45, 7) is 2.18. The lowest BCUT2D eigenvalue weighted by molar-refractivity contribution is -0.121. The van der Waals surface area contributed by atoms with E-state index >= 15 is 0 Å². The third kappa shape index (κ3) is 6.82. The number of nitrogens with zero attached hydrogens (tertiary/aromatic N) is 1. The van der Waals surface area contributed by atoms with Crippen molar-refractivity contribution in [3.8, 4) is 5.75 Å². The molecule has 2 amide bonds. The first-order valence-corrected chi connectivity index (χ1v) is 12.1. The maximum absolute atomic E-state index is 13.6. The van der Waals surface area contributed by atoms with Crippen LogP contribution in [0.1, 0.15) is 40.0 Å². The van der Waals surface area contributed by atoms with E-state index < -0.39 is 0 Å². The number of hydrogen-bond donors (Lipinski definition) is 1. The van der Waals surface area contributed by atoms with Gasteiger partial charge in [0.15, 0.2) is 0 Å². The Hall–Kier alpha value is -4.45. The van der Waals surface area contributed by atoms with E-state index in [9.17, 15) is 14.0 Å². The van der Waals surface area contributed by atoms with Crippen LogP contribution in [0, 0.1) is 5.82 Å². The molecular formula is C31H29FN2O3. The summed E-state index contributed by atoms with van der Waals surface area (Å²) in [7, 11) is 1.55. The number of carbonyl (C=O) groups is 2. The highest BCUT2D eigenvalue weighted by Gasteiger charge is 2.20. The fourth-order valence-electron chi connectivity index (χ4n) is 4.10. The molecule has 37 heavy (non-hydrogen) atoms. The second kappa shape index (κ2) is 12.0. The lowest BCUT2D eigenvalue weighted by atomic mass is 10.1. The van der Waals surface area contributed by atoms with Crippen molar-refractivity contribution in [1.82, 2.24) is 5.32 Å². The van der Waals surface area contributed by atoms with Crippen LogP contribution in [0.4, 0.5) is 10.1 Å². The fourth-order valence-corrected chi connectivity index (χ4v) is 4.10. The first kappa shape index (κ1) is 25.6. The van der Waals surface area contributed by atoms with Gasteiger partial charge in [-0.3, -0.25) is 9.59 Å². The van der Waals surface area contributed by atoms with E-state index in [0.717, 1.165) is 16.7 Å². The fraction of sp³-hybridized carbons (Fsp3) is 0.161. The molecule has 0 unspecified atom stereocenters. The molecule has 4 aromatic carbocycles. The minimum absolute atomic E-state index is 0.113. The van der Waals surface area contributed by atoms with E-state index in [4.69, 9.17) is 4.74 Å². The molecule has 1 N–H and O–H groups in total. The van der Waals surface area contributed by atoms with Gasteiger partial charge in [-0.15, -0.1) is 0 Å². The molecule has 1 atom stereocenters. The Bertz CT molecular complexity index is 1360. The number of ether oxygens (including phenoxy) is 1. The Morgan fingerprint density at radius 2 is 1.59 bits per heavy atom. The Labute approximate surface area is 216 Å². The number of carbonyl (C=O) groups excluding carboxylic acids is 2. The van der Waals surface area contributed by atoms with Gasteiger partial charge in [-0.2, -0.15) is 0 Å². The third-order valence-corrected chi connectivity index (χ3v) is 6.08. The summed E-state index contributed by atoms with van der Waals surface area (Å²) in [5.41, 5.74) is 3.68. The van der Waals surface area contributed by atoms with Gasteiger partial charge in [0.2, 0.25) is 5.91 Å². The van der Waals surface area contributed by atoms with Crippen LogP contribution in [0.2, 0.25) is 0 Å². The van der Waals surface area contributed by atoms with Gasteiger partial charge in [-0.1, -0.05) is 60.7 Å². The number of hydrogen-bond acceptors (Lipinski definition) is 3. The monoisotopic (exact) mass is 496 g/mol. The van der Waals surface area contributed by atoms with Gasteiger partial charge < -0.3 is 15.0 Å². The van der Waals surface area contributed by atoms with Crippen LogP contribution in [0.25, 0.3) is 0 Å². The van der Waals surface area contributed by atoms with Gasteiger partial charge in [0.25, 0.3) is 5.91 Å². The molecule has 0 spiro atoms. The summed E-state index contributed by atoms with van der Waals surface area (Å²) in [5.74, 6) is -0.113. The van der Waals surface area contributed by atoms with Crippen molar-refractivity contribution in [2.45, 2.75) is 25.9 Å². The van der Waals surface area contributed by atoms with E-state index in [2.05, 4.69) is 5.32 Å². The second-order valence-electron chi connectivity index (χ2n) is 8.80.